The summed E-state index contributed by atoms with van der Waals surface area (Å²) in [5.41, 5.74) is 4.37. The molecular weight excluding hydrogens is 484 g/mol. The Labute approximate surface area is 225 Å². The zero-order chi connectivity index (χ0) is 27.2. The van der Waals surface area contributed by atoms with Crippen molar-refractivity contribution in [3.05, 3.63) is 99.6 Å². The minimum Gasteiger partial charge on any atom is -0.484 e. The highest BCUT2D eigenvalue weighted by Gasteiger charge is 2.32. The van der Waals surface area contributed by atoms with Crippen molar-refractivity contribution in [2.45, 2.75) is 66.1 Å². The van der Waals surface area contributed by atoms with E-state index in [0.29, 0.717) is 17.2 Å². The molecule has 1 unspecified atom stereocenters. The number of nitrogens with one attached hydrogen (secondary N) is 1. The molecule has 0 fully saturated rings. The van der Waals surface area contributed by atoms with E-state index in [1.54, 1.807) is 4.90 Å². The van der Waals surface area contributed by atoms with Gasteiger partial charge >= 0.3 is 0 Å². The average Bonchev–Trinajstić information content (AvgIpc) is 2.83. The van der Waals surface area contributed by atoms with E-state index in [2.05, 4.69) is 5.32 Å². The van der Waals surface area contributed by atoms with Crippen molar-refractivity contribution in [1.82, 2.24) is 10.2 Å². The molecule has 196 valence electrons. The Bertz CT molecular complexity index is 1190. The third kappa shape index (κ3) is 8.36. The number of nitrogens with zero attached hydrogens (tertiary/aromatic N) is 1. The molecule has 37 heavy (non-hydrogen) atoms. The van der Waals surface area contributed by atoms with E-state index < -0.39 is 11.6 Å². The number of rotatable bonds is 9. The molecule has 0 aliphatic carbocycles. The first-order valence-corrected chi connectivity index (χ1v) is 12.9. The van der Waals surface area contributed by atoms with Crippen LogP contribution in [0, 0.1) is 20.8 Å². The number of hydrogen-bond donors (Lipinski definition) is 1. The van der Waals surface area contributed by atoms with E-state index in [1.165, 1.54) is 0 Å². The predicted molar refractivity (Wildman–Crippen MR) is 150 cm³/mol. The van der Waals surface area contributed by atoms with Crippen LogP contribution >= 0.6 is 11.6 Å². The van der Waals surface area contributed by atoms with E-state index in [4.69, 9.17) is 16.3 Å². The van der Waals surface area contributed by atoms with Crippen LogP contribution in [0.5, 0.6) is 5.75 Å². The fourth-order valence-electron chi connectivity index (χ4n) is 4.11. The van der Waals surface area contributed by atoms with E-state index in [-0.39, 0.29) is 25.0 Å². The zero-order valence-corrected chi connectivity index (χ0v) is 23.4. The number of carbonyl (C=O) groups is 2. The van der Waals surface area contributed by atoms with Gasteiger partial charge in [0.05, 0.1) is 0 Å². The van der Waals surface area contributed by atoms with Gasteiger partial charge in [-0.3, -0.25) is 9.59 Å². The maximum atomic E-state index is 13.7. The Morgan fingerprint density at radius 1 is 0.919 bits per heavy atom. The quantitative estimate of drug-likeness (QED) is 0.365. The Morgan fingerprint density at radius 2 is 1.51 bits per heavy atom. The average molecular weight is 521 g/mol. The number of ether oxygens (including phenoxy) is 1. The van der Waals surface area contributed by atoms with Gasteiger partial charge in [0, 0.05) is 23.5 Å². The summed E-state index contributed by atoms with van der Waals surface area (Å²) in [5.74, 6) is 0.104. The van der Waals surface area contributed by atoms with Crippen LogP contribution in [0.25, 0.3) is 0 Å². The lowest BCUT2D eigenvalue weighted by atomic mass is 10.0. The van der Waals surface area contributed by atoms with Crippen LogP contribution < -0.4 is 10.1 Å². The van der Waals surface area contributed by atoms with E-state index in [0.717, 1.165) is 27.8 Å². The van der Waals surface area contributed by atoms with E-state index in [9.17, 15) is 9.59 Å². The Balaban J connectivity index is 1.94. The molecule has 0 aliphatic heterocycles. The lowest BCUT2D eigenvalue weighted by Crippen LogP contribution is -2.55. The van der Waals surface area contributed by atoms with Gasteiger partial charge < -0.3 is 15.0 Å². The maximum absolute atomic E-state index is 13.7. The van der Waals surface area contributed by atoms with Crippen LogP contribution in [0.15, 0.2) is 66.7 Å². The molecule has 3 aromatic rings. The van der Waals surface area contributed by atoms with Gasteiger partial charge in [0.1, 0.15) is 11.8 Å². The molecule has 0 saturated heterocycles. The third-order valence-corrected chi connectivity index (χ3v) is 6.61. The number of carbonyl (C=O) groups excluding carboxylic acids is 2. The highest BCUT2D eigenvalue weighted by molar-refractivity contribution is 6.32. The van der Waals surface area contributed by atoms with Crippen LogP contribution in [0.2, 0.25) is 5.02 Å². The Hall–Kier alpha value is -3.31. The summed E-state index contributed by atoms with van der Waals surface area (Å²) in [6, 6.07) is 20.7. The van der Waals surface area contributed by atoms with Crippen molar-refractivity contribution >= 4 is 23.4 Å². The fourth-order valence-corrected chi connectivity index (χ4v) is 4.22. The maximum Gasteiger partial charge on any atom is 0.261 e. The second kappa shape index (κ2) is 12.3. The molecular formula is C31H37ClN2O3. The highest BCUT2D eigenvalue weighted by atomic mass is 35.5. The molecule has 3 aromatic carbocycles. The van der Waals surface area contributed by atoms with Gasteiger partial charge in [0.25, 0.3) is 5.91 Å². The van der Waals surface area contributed by atoms with Gasteiger partial charge in [-0.05, 0) is 75.9 Å². The fraction of sp³-hybridized carbons (Fsp3) is 0.355. The van der Waals surface area contributed by atoms with Crippen molar-refractivity contribution in [3.63, 3.8) is 0 Å². The predicted octanol–water partition coefficient (Wildman–Crippen LogP) is 6.20. The van der Waals surface area contributed by atoms with Crippen molar-refractivity contribution in [2.75, 3.05) is 6.61 Å². The Morgan fingerprint density at radius 3 is 2.08 bits per heavy atom. The van der Waals surface area contributed by atoms with Gasteiger partial charge in [-0.25, -0.2) is 0 Å². The van der Waals surface area contributed by atoms with Crippen LogP contribution in [0.4, 0.5) is 0 Å². The molecule has 0 spiro atoms. The second-order valence-corrected chi connectivity index (χ2v) is 11.0. The molecule has 1 atom stereocenters. The van der Waals surface area contributed by atoms with Crippen molar-refractivity contribution in [1.29, 1.82) is 0 Å². The van der Waals surface area contributed by atoms with Gasteiger partial charge in [-0.1, -0.05) is 71.8 Å². The number of hydrogen-bond acceptors (Lipinski definition) is 3. The SMILES string of the molecule is Cc1ccc(CN(C(=O)COc2cc(C)c(Cl)c(C)c2)C(Cc2ccccc2)C(=O)NC(C)(C)C)cc1. The molecule has 6 heteroatoms. The smallest absolute Gasteiger partial charge is 0.261 e. The molecule has 0 radical (unpaired) electrons. The summed E-state index contributed by atoms with van der Waals surface area (Å²) in [6.07, 6.45) is 0.388. The molecule has 2 amide bonds. The lowest BCUT2D eigenvalue weighted by molar-refractivity contribution is -0.143. The normalized spacial score (nSPS) is 12.1. The van der Waals surface area contributed by atoms with Crippen molar-refractivity contribution in [3.8, 4) is 5.75 Å². The second-order valence-electron chi connectivity index (χ2n) is 10.6. The monoisotopic (exact) mass is 520 g/mol. The summed E-state index contributed by atoms with van der Waals surface area (Å²) in [6.45, 7) is 11.7. The first kappa shape index (κ1) is 28.3. The molecule has 0 aromatic heterocycles. The zero-order valence-electron chi connectivity index (χ0n) is 22.6. The van der Waals surface area contributed by atoms with Crippen molar-refractivity contribution < 1.29 is 14.3 Å². The molecule has 0 bridgehead atoms. The summed E-state index contributed by atoms with van der Waals surface area (Å²) in [7, 11) is 0. The minimum absolute atomic E-state index is 0.194. The molecule has 1 N–H and O–H groups in total. The van der Waals surface area contributed by atoms with Crippen LogP contribution in [-0.2, 0) is 22.6 Å². The van der Waals surface area contributed by atoms with Crippen molar-refractivity contribution in [2.24, 2.45) is 0 Å². The summed E-state index contributed by atoms with van der Waals surface area (Å²) in [4.78, 5) is 28.9. The number of benzene rings is 3. The first-order chi connectivity index (χ1) is 17.4. The van der Waals surface area contributed by atoms with Gasteiger partial charge in [-0.15, -0.1) is 0 Å². The topological polar surface area (TPSA) is 58.6 Å². The molecule has 0 saturated carbocycles. The summed E-state index contributed by atoms with van der Waals surface area (Å²) >= 11 is 6.30. The molecule has 3 rings (SSSR count). The van der Waals surface area contributed by atoms with Crippen LogP contribution in [0.3, 0.4) is 0 Å². The number of halogens is 1. The van der Waals surface area contributed by atoms with Gasteiger partial charge in [0.2, 0.25) is 5.91 Å². The number of amides is 2. The third-order valence-electron chi connectivity index (χ3n) is 6.02. The largest absolute Gasteiger partial charge is 0.484 e. The van der Waals surface area contributed by atoms with Crippen LogP contribution in [0.1, 0.15) is 48.6 Å². The molecule has 0 aliphatic rings. The van der Waals surface area contributed by atoms with E-state index >= 15 is 0 Å². The van der Waals surface area contributed by atoms with Crippen LogP contribution in [-0.4, -0.2) is 34.9 Å². The number of aryl methyl sites for hydroxylation is 3. The van der Waals surface area contributed by atoms with Gasteiger partial charge in [0.15, 0.2) is 6.61 Å². The summed E-state index contributed by atoms with van der Waals surface area (Å²) in [5, 5.41) is 3.76. The summed E-state index contributed by atoms with van der Waals surface area (Å²) < 4.78 is 5.92. The Kier molecular flexibility index (Phi) is 9.39. The van der Waals surface area contributed by atoms with Gasteiger partial charge in [-0.2, -0.15) is 0 Å². The first-order valence-electron chi connectivity index (χ1n) is 12.5. The molecule has 0 heterocycles. The standard InChI is InChI=1S/C31H37ClN2O3/c1-21-12-14-25(15-13-21)19-34(28(35)20-37-26-16-22(2)29(32)23(3)17-26)27(30(36)33-31(4,5)6)18-24-10-8-7-9-11-24/h7-17,27H,18-20H2,1-6H3,(H,33,36). The van der Waals surface area contributed by atoms with E-state index in [1.807, 2.05) is 108 Å². The highest BCUT2D eigenvalue weighted by Crippen LogP contribution is 2.26. The lowest BCUT2D eigenvalue weighted by Gasteiger charge is -2.33. The minimum atomic E-state index is -0.715. The molecule has 5 nitrogen and oxygen atoms in total.